The van der Waals surface area contributed by atoms with E-state index in [1.165, 1.54) is 0 Å². The van der Waals surface area contributed by atoms with E-state index in [4.69, 9.17) is 11.6 Å². The van der Waals surface area contributed by atoms with Crippen LogP contribution in [0.1, 0.15) is 30.1 Å². The van der Waals surface area contributed by atoms with Gasteiger partial charge in [-0.1, -0.05) is 24.9 Å². The van der Waals surface area contributed by atoms with E-state index in [9.17, 15) is 14.4 Å². The molecular formula is C17H20ClN3O3. The van der Waals surface area contributed by atoms with Gasteiger partial charge in [-0.15, -0.1) is 0 Å². The van der Waals surface area contributed by atoms with Crippen molar-refractivity contribution >= 4 is 29.3 Å². The van der Waals surface area contributed by atoms with Gasteiger partial charge in [-0.2, -0.15) is 0 Å². The van der Waals surface area contributed by atoms with Gasteiger partial charge in [-0.05, 0) is 30.7 Å². The van der Waals surface area contributed by atoms with Crippen LogP contribution in [0.15, 0.2) is 24.3 Å². The fraction of sp³-hybridized carbons (Fsp3) is 0.471. The molecular weight excluding hydrogens is 330 g/mol. The number of nitrogens with zero attached hydrogens (tertiary/aromatic N) is 2. The van der Waals surface area contributed by atoms with Crippen molar-refractivity contribution in [1.29, 1.82) is 0 Å². The van der Waals surface area contributed by atoms with Gasteiger partial charge in [0.1, 0.15) is 12.1 Å². The lowest BCUT2D eigenvalue weighted by atomic mass is 10.0. The van der Waals surface area contributed by atoms with E-state index >= 15 is 0 Å². The molecule has 2 saturated heterocycles. The monoisotopic (exact) mass is 349 g/mol. The van der Waals surface area contributed by atoms with Crippen molar-refractivity contribution in [3.05, 3.63) is 34.9 Å². The fourth-order valence-corrected chi connectivity index (χ4v) is 3.37. The van der Waals surface area contributed by atoms with Gasteiger partial charge >= 0.3 is 0 Å². The SMILES string of the molecule is CCC[C@@H]1NC(=O)[C@H]2CN(C(=O)c3ccc(Cl)cc3)CCN2C1=O. The van der Waals surface area contributed by atoms with Gasteiger partial charge in [-0.3, -0.25) is 14.4 Å². The van der Waals surface area contributed by atoms with Crippen LogP contribution in [0.3, 0.4) is 0 Å². The lowest BCUT2D eigenvalue weighted by molar-refractivity contribution is -0.152. The minimum absolute atomic E-state index is 0.0416. The molecule has 0 spiro atoms. The van der Waals surface area contributed by atoms with Crippen molar-refractivity contribution < 1.29 is 14.4 Å². The highest BCUT2D eigenvalue weighted by Crippen LogP contribution is 2.20. The Hall–Kier alpha value is -2.08. The molecule has 7 heteroatoms. The molecule has 0 unspecified atom stereocenters. The summed E-state index contributed by atoms with van der Waals surface area (Å²) in [6.07, 6.45) is 1.47. The van der Waals surface area contributed by atoms with Crippen molar-refractivity contribution in [2.24, 2.45) is 0 Å². The molecule has 2 heterocycles. The number of halogens is 1. The average molecular weight is 350 g/mol. The van der Waals surface area contributed by atoms with E-state index in [0.29, 0.717) is 30.1 Å². The minimum Gasteiger partial charge on any atom is -0.342 e. The van der Waals surface area contributed by atoms with Gasteiger partial charge in [0.05, 0.1) is 6.54 Å². The number of rotatable bonds is 3. The zero-order chi connectivity index (χ0) is 17.3. The summed E-state index contributed by atoms with van der Waals surface area (Å²) in [6, 6.07) is 5.63. The highest BCUT2D eigenvalue weighted by atomic mass is 35.5. The average Bonchev–Trinajstić information content (AvgIpc) is 2.59. The third-order valence-corrected chi connectivity index (χ3v) is 4.79. The van der Waals surface area contributed by atoms with Crippen molar-refractivity contribution in [3.8, 4) is 0 Å². The number of hydrogen-bond donors (Lipinski definition) is 1. The highest BCUT2D eigenvalue weighted by Gasteiger charge is 2.43. The summed E-state index contributed by atoms with van der Waals surface area (Å²) in [7, 11) is 0. The second-order valence-corrected chi connectivity index (χ2v) is 6.59. The molecule has 0 bridgehead atoms. The fourth-order valence-electron chi connectivity index (χ4n) is 3.24. The van der Waals surface area contributed by atoms with Crippen LogP contribution in [-0.2, 0) is 9.59 Å². The Morgan fingerprint density at radius 2 is 1.96 bits per heavy atom. The Balaban J connectivity index is 1.72. The molecule has 128 valence electrons. The van der Waals surface area contributed by atoms with Gasteiger partial charge < -0.3 is 15.1 Å². The lowest BCUT2D eigenvalue weighted by Crippen LogP contribution is -2.69. The first-order valence-electron chi connectivity index (χ1n) is 8.17. The molecule has 2 aliphatic rings. The Kier molecular flexibility index (Phi) is 4.76. The van der Waals surface area contributed by atoms with Gasteiger partial charge in [0.15, 0.2) is 0 Å². The zero-order valence-corrected chi connectivity index (χ0v) is 14.3. The van der Waals surface area contributed by atoms with Crippen molar-refractivity contribution in [3.63, 3.8) is 0 Å². The first kappa shape index (κ1) is 16.8. The molecule has 2 aliphatic heterocycles. The van der Waals surface area contributed by atoms with E-state index in [1.54, 1.807) is 34.1 Å². The van der Waals surface area contributed by atoms with E-state index < -0.39 is 12.1 Å². The quantitative estimate of drug-likeness (QED) is 0.894. The number of piperazine rings is 2. The van der Waals surface area contributed by atoms with Crippen LogP contribution in [0.25, 0.3) is 0 Å². The molecule has 0 radical (unpaired) electrons. The molecule has 3 amide bonds. The van der Waals surface area contributed by atoms with Crippen LogP contribution >= 0.6 is 11.6 Å². The maximum absolute atomic E-state index is 12.6. The Bertz CT molecular complexity index is 662. The van der Waals surface area contributed by atoms with E-state index in [2.05, 4.69) is 5.32 Å². The predicted octanol–water partition coefficient (Wildman–Crippen LogP) is 1.29. The summed E-state index contributed by atoms with van der Waals surface area (Å²) < 4.78 is 0. The normalized spacial score (nSPS) is 23.8. The lowest BCUT2D eigenvalue weighted by Gasteiger charge is -2.45. The maximum Gasteiger partial charge on any atom is 0.254 e. The number of nitrogens with one attached hydrogen (secondary N) is 1. The number of benzene rings is 1. The molecule has 6 nitrogen and oxygen atoms in total. The van der Waals surface area contributed by atoms with Crippen LogP contribution in [0.2, 0.25) is 5.02 Å². The van der Waals surface area contributed by atoms with Gasteiger partial charge in [-0.25, -0.2) is 0 Å². The third kappa shape index (κ3) is 3.11. The largest absolute Gasteiger partial charge is 0.342 e. The summed E-state index contributed by atoms with van der Waals surface area (Å²) in [5.74, 6) is -0.371. The van der Waals surface area contributed by atoms with Crippen molar-refractivity contribution in [2.45, 2.75) is 31.8 Å². The predicted molar refractivity (Wildman–Crippen MR) is 89.7 cm³/mol. The number of carbonyl (C=O) groups is 3. The van der Waals surface area contributed by atoms with E-state index in [1.807, 2.05) is 6.92 Å². The van der Waals surface area contributed by atoms with E-state index in [0.717, 1.165) is 6.42 Å². The summed E-state index contributed by atoms with van der Waals surface area (Å²) in [5, 5.41) is 3.35. The molecule has 0 aromatic heterocycles. The van der Waals surface area contributed by atoms with Crippen LogP contribution in [0, 0.1) is 0 Å². The zero-order valence-electron chi connectivity index (χ0n) is 13.5. The molecule has 1 aromatic rings. The first-order valence-corrected chi connectivity index (χ1v) is 8.54. The van der Waals surface area contributed by atoms with Crippen molar-refractivity contribution in [1.82, 2.24) is 15.1 Å². The van der Waals surface area contributed by atoms with Crippen molar-refractivity contribution in [2.75, 3.05) is 19.6 Å². The second kappa shape index (κ2) is 6.81. The molecule has 3 rings (SSSR count). The topological polar surface area (TPSA) is 69.7 Å². The van der Waals surface area contributed by atoms with Crippen LogP contribution in [0.5, 0.6) is 0 Å². The van der Waals surface area contributed by atoms with Crippen LogP contribution in [0.4, 0.5) is 0 Å². The maximum atomic E-state index is 12.6. The highest BCUT2D eigenvalue weighted by molar-refractivity contribution is 6.30. The minimum atomic E-state index is -0.601. The molecule has 1 aromatic carbocycles. The molecule has 2 atom stereocenters. The number of carbonyl (C=O) groups excluding carboxylic acids is 3. The summed E-state index contributed by atoms with van der Waals surface area (Å²) in [5.41, 5.74) is 0.527. The smallest absolute Gasteiger partial charge is 0.254 e. The molecule has 1 N–H and O–H groups in total. The molecule has 0 aliphatic carbocycles. The Morgan fingerprint density at radius 1 is 1.25 bits per heavy atom. The van der Waals surface area contributed by atoms with Gasteiger partial charge in [0.2, 0.25) is 11.8 Å². The van der Waals surface area contributed by atoms with Crippen LogP contribution < -0.4 is 5.32 Å². The number of amides is 3. The van der Waals surface area contributed by atoms with Gasteiger partial charge in [0, 0.05) is 23.7 Å². The van der Waals surface area contributed by atoms with Crippen LogP contribution in [-0.4, -0.2) is 59.2 Å². The number of hydrogen-bond acceptors (Lipinski definition) is 3. The standard InChI is InChI=1S/C17H20ClN3O3/c1-2-3-13-17(24)21-9-8-20(10-14(21)15(22)19-13)16(23)11-4-6-12(18)7-5-11/h4-7,13-14H,2-3,8-10H2,1H3,(H,19,22)/t13-,14+/m0/s1. The Morgan fingerprint density at radius 3 is 2.62 bits per heavy atom. The molecule has 2 fully saturated rings. The molecule has 24 heavy (non-hydrogen) atoms. The Labute approximate surface area is 145 Å². The first-order chi connectivity index (χ1) is 11.5. The summed E-state index contributed by atoms with van der Waals surface area (Å²) in [4.78, 5) is 40.6. The summed E-state index contributed by atoms with van der Waals surface area (Å²) in [6.45, 7) is 3.01. The second-order valence-electron chi connectivity index (χ2n) is 6.16. The number of fused-ring (bicyclic) bond motifs is 1. The van der Waals surface area contributed by atoms with Gasteiger partial charge in [0.25, 0.3) is 5.91 Å². The van der Waals surface area contributed by atoms with E-state index in [-0.39, 0.29) is 24.3 Å². The molecule has 0 saturated carbocycles. The third-order valence-electron chi connectivity index (χ3n) is 4.54. The summed E-state index contributed by atoms with van der Waals surface area (Å²) >= 11 is 5.85.